The van der Waals surface area contributed by atoms with E-state index in [-0.39, 0.29) is 64.4 Å². The fraction of sp³-hybridized carbons (Fsp3) is 0.485. The predicted molar refractivity (Wildman–Crippen MR) is 154 cm³/mol. The first-order valence-corrected chi connectivity index (χ1v) is 14.2. The predicted octanol–water partition coefficient (Wildman–Crippen LogP) is 4.51. The van der Waals surface area contributed by atoms with Gasteiger partial charge in [-0.1, -0.05) is 36.0 Å². The number of fused-ring (bicyclic) bond motifs is 1. The van der Waals surface area contributed by atoms with Crippen LogP contribution in [0.3, 0.4) is 0 Å². The monoisotopic (exact) mass is 578 g/mol. The number of carboxylic acids is 1. The first-order chi connectivity index (χ1) is 19.5. The van der Waals surface area contributed by atoms with Crippen LogP contribution in [0.4, 0.5) is 0 Å². The second-order valence-corrected chi connectivity index (χ2v) is 12.8. The van der Waals surface area contributed by atoms with Crippen molar-refractivity contribution in [3.63, 3.8) is 0 Å². The van der Waals surface area contributed by atoms with Crippen molar-refractivity contribution in [2.75, 3.05) is 0 Å². The zero-order valence-corrected chi connectivity index (χ0v) is 24.8. The Labute approximate surface area is 244 Å². The van der Waals surface area contributed by atoms with Crippen LogP contribution >= 0.6 is 0 Å². The van der Waals surface area contributed by atoms with Crippen molar-refractivity contribution in [1.29, 1.82) is 0 Å². The topological polar surface area (TPSA) is 151 Å². The van der Waals surface area contributed by atoms with E-state index in [4.69, 9.17) is 9.47 Å². The number of phenols is 2. The van der Waals surface area contributed by atoms with Gasteiger partial charge in [0.05, 0.1) is 11.7 Å². The number of aliphatic hydroxyl groups is 1. The third-order valence-electron chi connectivity index (χ3n) is 9.40. The number of hydrogen-bond acceptors (Lipinski definition) is 8. The number of ether oxygens (including phenoxy) is 2. The van der Waals surface area contributed by atoms with Crippen LogP contribution < -0.4 is 4.74 Å². The van der Waals surface area contributed by atoms with Gasteiger partial charge in [0.2, 0.25) is 0 Å². The molecule has 4 bridgehead atoms. The Morgan fingerprint density at radius 3 is 2.38 bits per heavy atom. The maximum absolute atomic E-state index is 14.5. The fourth-order valence-electron chi connectivity index (χ4n) is 7.20. The van der Waals surface area contributed by atoms with Gasteiger partial charge in [-0.05, 0) is 54.4 Å². The van der Waals surface area contributed by atoms with Gasteiger partial charge in [-0.25, -0.2) is 4.79 Å². The van der Waals surface area contributed by atoms with Gasteiger partial charge in [-0.3, -0.25) is 9.59 Å². The lowest BCUT2D eigenvalue weighted by Gasteiger charge is -2.56. The lowest BCUT2D eigenvalue weighted by molar-refractivity contribution is -0.171. The molecule has 3 aliphatic carbocycles. The maximum atomic E-state index is 14.5. The Hall–Kier alpha value is -3.69. The van der Waals surface area contributed by atoms with Crippen LogP contribution in [0.2, 0.25) is 0 Å². The molecule has 2 heterocycles. The number of hydrogen-bond donors (Lipinski definition) is 4. The van der Waals surface area contributed by atoms with Gasteiger partial charge in [0.15, 0.2) is 22.8 Å². The van der Waals surface area contributed by atoms with Crippen molar-refractivity contribution in [1.82, 2.24) is 0 Å². The van der Waals surface area contributed by atoms with Gasteiger partial charge < -0.3 is 29.9 Å². The molecule has 1 saturated heterocycles. The number of ketones is 2. The average Bonchev–Trinajstić information content (AvgIpc) is 3.06. The van der Waals surface area contributed by atoms with E-state index in [2.05, 4.69) is 6.58 Å². The van der Waals surface area contributed by atoms with E-state index in [1.165, 1.54) is 13.0 Å². The SMILES string of the molecule is C=C(C)[C@H](O)Cc1c(O)c(CC=C(C)C)c(O)c2c1O[C@]13C(=C[C@@H]4C[C@H]1C(C)(C)O[C@@]3(C/C=C(\C)C(=O)O)C4=O)C2=O. The number of aromatic hydroxyl groups is 2. The van der Waals surface area contributed by atoms with Crippen LogP contribution in [0.5, 0.6) is 17.2 Å². The minimum Gasteiger partial charge on any atom is -0.507 e. The Bertz CT molecular complexity index is 1540. The normalized spacial score (nSPS) is 29.3. The number of benzene rings is 1. The molecule has 1 saturated carbocycles. The quantitative estimate of drug-likeness (QED) is 0.258. The number of phenolic OH excluding ortho intramolecular Hbond substituents is 2. The van der Waals surface area contributed by atoms with E-state index in [1.807, 2.05) is 27.7 Å². The number of aliphatic carboxylic acids is 1. The van der Waals surface area contributed by atoms with Crippen molar-refractivity contribution >= 4 is 17.5 Å². The summed E-state index contributed by atoms with van der Waals surface area (Å²) in [5.74, 6) is -4.02. The molecule has 9 heteroatoms. The summed E-state index contributed by atoms with van der Waals surface area (Å²) in [6.45, 7) is 14.2. The summed E-state index contributed by atoms with van der Waals surface area (Å²) in [5, 5.41) is 43.3. The van der Waals surface area contributed by atoms with Crippen molar-refractivity contribution in [2.45, 2.75) is 90.1 Å². The van der Waals surface area contributed by atoms with Gasteiger partial charge in [0.25, 0.3) is 0 Å². The van der Waals surface area contributed by atoms with E-state index >= 15 is 0 Å². The first kappa shape index (κ1) is 29.8. The zero-order chi connectivity index (χ0) is 31.1. The van der Waals surface area contributed by atoms with E-state index in [1.54, 1.807) is 19.1 Å². The third kappa shape index (κ3) is 3.93. The Balaban J connectivity index is 1.81. The molecular weight excluding hydrogens is 540 g/mol. The highest BCUT2D eigenvalue weighted by Gasteiger charge is 2.81. The van der Waals surface area contributed by atoms with Gasteiger partial charge in [-0.2, -0.15) is 0 Å². The number of carbonyl (C=O) groups excluding carboxylic acids is 2. The zero-order valence-electron chi connectivity index (χ0n) is 24.8. The summed E-state index contributed by atoms with van der Waals surface area (Å²) in [7, 11) is 0. The van der Waals surface area contributed by atoms with Crippen LogP contribution in [0.15, 0.2) is 47.1 Å². The lowest BCUT2D eigenvalue weighted by Crippen LogP contribution is -2.72. The fourth-order valence-corrected chi connectivity index (χ4v) is 7.20. The maximum Gasteiger partial charge on any atom is 0.330 e. The molecule has 0 aromatic heterocycles. The van der Waals surface area contributed by atoms with Gasteiger partial charge >= 0.3 is 5.97 Å². The molecule has 5 aliphatic rings. The third-order valence-corrected chi connectivity index (χ3v) is 9.40. The van der Waals surface area contributed by atoms with E-state index < -0.39 is 52.2 Å². The smallest absolute Gasteiger partial charge is 0.330 e. The second-order valence-electron chi connectivity index (χ2n) is 12.8. The Morgan fingerprint density at radius 2 is 1.79 bits per heavy atom. The van der Waals surface area contributed by atoms with E-state index in [0.29, 0.717) is 12.0 Å². The van der Waals surface area contributed by atoms with Gasteiger partial charge in [-0.15, -0.1) is 0 Å². The van der Waals surface area contributed by atoms with Gasteiger partial charge in [0.1, 0.15) is 22.8 Å². The molecule has 2 fully saturated rings. The molecule has 224 valence electrons. The highest BCUT2D eigenvalue weighted by atomic mass is 16.6. The molecule has 2 aliphatic heterocycles. The first-order valence-electron chi connectivity index (χ1n) is 14.2. The van der Waals surface area contributed by atoms with Crippen LogP contribution in [0.1, 0.15) is 75.9 Å². The summed E-state index contributed by atoms with van der Waals surface area (Å²) in [6, 6.07) is 0. The molecule has 6 rings (SSSR count). The van der Waals surface area contributed by atoms with Crippen LogP contribution in [0.25, 0.3) is 0 Å². The number of rotatable bonds is 8. The minimum absolute atomic E-state index is 0.0115. The number of carboxylic acid groups (broad SMARTS) is 1. The molecule has 1 aromatic carbocycles. The molecule has 4 N–H and O–H groups in total. The summed E-state index contributed by atoms with van der Waals surface area (Å²) >= 11 is 0. The second kappa shape index (κ2) is 9.67. The van der Waals surface area contributed by atoms with Crippen LogP contribution in [-0.4, -0.2) is 60.9 Å². The summed E-state index contributed by atoms with van der Waals surface area (Å²) < 4.78 is 13.4. The molecule has 5 atom stereocenters. The van der Waals surface area contributed by atoms with E-state index in [9.17, 15) is 34.8 Å². The van der Waals surface area contributed by atoms with Gasteiger partial charge in [0, 0.05) is 47.0 Å². The van der Waals surface area contributed by atoms with E-state index in [0.717, 1.165) is 5.57 Å². The van der Waals surface area contributed by atoms with Crippen LogP contribution in [-0.2, 0) is 27.2 Å². The average molecular weight is 579 g/mol. The van der Waals surface area contributed by atoms with Crippen molar-refractivity contribution in [3.05, 3.63) is 63.8 Å². The molecule has 1 spiro atoms. The molecular formula is C33H38O9. The highest BCUT2D eigenvalue weighted by molar-refractivity contribution is 6.18. The number of aliphatic hydroxyl groups excluding tert-OH is 1. The Kier molecular flexibility index (Phi) is 6.86. The molecule has 42 heavy (non-hydrogen) atoms. The minimum atomic E-state index is -1.73. The summed E-state index contributed by atoms with van der Waals surface area (Å²) in [5.41, 5.74) is -2.68. The molecule has 0 amide bonds. The summed E-state index contributed by atoms with van der Waals surface area (Å²) in [6.07, 6.45) is 3.89. The largest absolute Gasteiger partial charge is 0.507 e. The van der Waals surface area contributed by atoms with Crippen molar-refractivity contribution in [2.24, 2.45) is 11.8 Å². The van der Waals surface area contributed by atoms with Crippen molar-refractivity contribution in [3.8, 4) is 17.2 Å². The summed E-state index contributed by atoms with van der Waals surface area (Å²) in [4.78, 5) is 40.3. The molecule has 0 unspecified atom stereocenters. The highest BCUT2D eigenvalue weighted by Crippen LogP contribution is 2.68. The van der Waals surface area contributed by atoms with Crippen molar-refractivity contribution < 1.29 is 44.3 Å². The standard InChI is InChI=1S/C33H38O9/c1-15(2)8-9-19-25(35)20(14-22(34)16(3)4)28-24(26(19)36)27(37)21-12-18-13-23-31(6,7)42-32(29(18)38,33(21,23)41-28)11-10-17(5)30(39)40/h8,10,12,18,22-23,34-36H,3,9,11,13-14H2,1-2,4-7H3,(H,39,40)/b17-10+/t18-,22-,23+,32+,33-/m1/s1. The van der Waals surface area contributed by atoms with Crippen LogP contribution in [0, 0.1) is 11.8 Å². The molecule has 0 radical (unpaired) electrons. The molecule has 9 nitrogen and oxygen atoms in total. The lowest BCUT2D eigenvalue weighted by atomic mass is 9.51. The molecule has 1 aromatic rings. The number of allylic oxidation sites excluding steroid dienone is 3. The Morgan fingerprint density at radius 1 is 1.12 bits per heavy atom. The number of carbonyl (C=O) groups is 3. The number of Topliss-reactive ketones (excluding diaryl/α,β-unsaturated/α-hetero) is 2.